The van der Waals surface area contributed by atoms with Crippen LogP contribution in [0.15, 0.2) is 34.9 Å². The largest absolute Gasteiger partial charge is 0.464 e. The molecule has 1 unspecified atom stereocenters. The molecule has 0 radical (unpaired) electrons. The number of furan rings is 1. The van der Waals surface area contributed by atoms with E-state index >= 15 is 0 Å². The third kappa shape index (κ3) is 2.04. The number of hydrogen-bond acceptors (Lipinski definition) is 4. The average molecular weight is 273 g/mol. The second-order valence-corrected chi connectivity index (χ2v) is 5.79. The van der Waals surface area contributed by atoms with Crippen molar-refractivity contribution in [1.29, 1.82) is 0 Å². The standard InChI is InChI=1S/C16H19NO3/c1-2-15-14(3-6-20-15)9-13(1)10-17-5-8-19-12-16(17)4-7-18-11-16/h1-3,6,9H,4-5,7-8,10-12H2. The molecule has 3 heterocycles. The van der Waals surface area contributed by atoms with Crippen molar-refractivity contribution in [2.45, 2.75) is 18.5 Å². The van der Waals surface area contributed by atoms with E-state index in [2.05, 4.69) is 23.1 Å². The summed E-state index contributed by atoms with van der Waals surface area (Å²) in [6.07, 6.45) is 2.82. The third-order valence-corrected chi connectivity index (χ3v) is 4.52. The highest BCUT2D eigenvalue weighted by molar-refractivity contribution is 5.77. The van der Waals surface area contributed by atoms with Gasteiger partial charge in [-0.25, -0.2) is 0 Å². The first-order valence-electron chi connectivity index (χ1n) is 7.22. The summed E-state index contributed by atoms with van der Waals surface area (Å²) >= 11 is 0. The van der Waals surface area contributed by atoms with Gasteiger partial charge in [-0.1, -0.05) is 6.07 Å². The minimum absolute atomic E-state index is 0.0869. The van der Waals surface area contributed by atoms with Crippen molar-refractivity contribution < 1.29 is 13.9 Å². The van der Waals surface area contributed by atoms with Crippen LogP contribution in [0.3, 0.4) is 0 Å². The Morgan fingerprint density at radius 1 is 1.10 bits per heavy atom. The van der Waals surface area contributed by atoms with Crippen molar-refractivity contribution in [3.05, 3.63) is 36.1 Å². The van der Waals surface area contributed by atoms with Crippen LogP contribution < -0.4 is 0 Å². The predicted molar refractivity (Wildman–Crippen MR) is 75.6 cm³/mol. The maximum Gasteiger partial charge on any atom is 0.133 e. The molecule has 4 rings (SSSR count). The van der Waals surface area contributed by atoms with Crippen LogP contribution in [0.5, 0.6) is 0 Å². The van der Waals surface area contributed by atoms with Crippen LogP contribution in [0.1, 0.15) is 12.0 Å². The van der Waals surface area contributed by atoms with Gasteiger partial charge in [-0.3, -0.25) is 4.90 Å². The molecule has 2 aliphatic heterocycles. The van der Waals surface area contributed by atoms with E-state index in [9.17, 15) is 0 Å². The van der Waals surface area contributed by atoms with Crippen LogP contribution >= 0.6 is 0 Å². The number of nitrogens with zero attached hydrogens (tertiary/aromatic N) is 1. The Kier molecular flexibility index (Phi) is 3.02. The van der Waals surface area contributed by atoms with Crippen LogP contribution in [0.25, 0.3) is 11.0 Å². The molecule has 1 atom stereocenters. The van der Waals surface area contributed by atoms with Crippen LogP contribution in [-0.2, 0) is 16.0 Å². The van der Waals surface area contributed by atoms with E-state index in [1.807, 2.05) is 6.07 Å². The molecule has 1 aromatic carbocycles. The molecular weight excluding hydrogens is 254 g/mol. The summed E-state index contributed by atoms with van der Waals surface area (Å²) in [6.45, 7) is 5.18. The molecule has 20 heavy (non-hydrogen) atoms. The first-order chi connectivity index (χ1) is 9.86. The summed E-state index contributed by atoms with van der Waals surface area (Å²) in [4.78, 5) is 2.53. The van der Waals surface area contributed by atoms with E-state index in [1.165, 1.54) is 10.9 Å². The van der Waals surface area contributed by atoms with Crippen LogP contribution in [-0.4, -0.2) is 43.4 Å². The minimum atomic E-state index is 0.0869. The zero-order valence-electron chi connectivity index (χ0n) is 11.5. The summed E-state index contributed by atoms with van der Waals surface area (Å²) < 4.78 is 16.7. The smallest absolute Gasteiger partial charge is 0.133 e. The lowest BCUT2D eigenvalue weighted by atomic mass is 9.95. The van der Waals surface area contributed by atoms with E-state index in [1.54, 1.807) is 6.26 Å². The zero-order chi connectivity index (χ0) is 13.4. The molecule has 2 aliphatic rings. The number of hydrogen-bond donors (Lipinski definition) is 0. The van der Waals surface area contributed by atoms with Crippen molar-refractivity contribution in [1.82, 2.24) is 4.90 Å². The van der Waals surface area contributed by atoms with Gasteiger partial charge < -0.3 is 13.9 Å². The van der Waals surface area contributed by atoms with Crippen molar-refractivity contribution in [2.24, 2.45) is 0 Å². The number of morpholine rings is 1. The van der Waals surface area contributed by atoms with E-state index in [0.717, 1.165) is 51.5 Å². The highest BCUT2D eigenvalue weighted by Gasteiger charge is 2.42. The quantitative estimate of drug-likeness (QED) is 0.841. The maximum atomic E-state index is 5.70. The highest BCUT2D eigenvalue weighted by atomic mass is 16.5. The number of benzene rings is 1. The Bertz CT molecular complexity index is 601. The lowest BCUT2D eigenvalue weighted by Crippen LogP contribution is -2.56. The molecule has 2 aromatic rings. The van der Waals surface area contributed by atoms with E-state index in [4.69, 9.17) is 13.9 Å². The molecule has 0 bridgehead atoms. The Morgan fingerprint density at radius 3 is 2.90 bits per heavy atom. The monoisotopic (exact) mass is 273 g/mol. The molecule has 1 spiro atoms. The van der Waals surface area contributed by atoms with E-state index in [0.29, 0.717) is 0 Å². The number of fused-ring (bicyclic) bond motifs is 1. The minimum Gasteiger partial charge on any atom is -0.464 e. The lowest BCUT2D eigenvalue weighted by Gasteiger charge is -2.43. The van der Waals surface area contributed by atoms with Gasteiger partial charge in [-0.05, 0) is 30.2 Å². The van der Waals surface area contributed by atoms with Gasteiger partial charge in [0.1, 0.15) is 5.58 Å². The van der Waals surface area contributed by atoms with Crippen LogP contribution in [0, 0.1) is 0 Å². The van der Waals surface area contributed by atoms with Crippen LogP contribution in [0.2, 0.25) is 0 Å². The SMILES string of the molecule is c1cc2cc(CN3CCOCC34CCOC4)ccc2o1. The lowest BCUT2D eigenvalue weighted by molar-refractivity contribution is -0.0749. The number of ether oxygens (including phenoxy) is 2. The molecule has 4 nitrogen and oxygen atoms in total. The zero-order valence-corrected chi connectivity index (χ0v) is 11.5. The summed E-state index contributed by atoms with van der Waals surface area (Å²) in [7, 11) is 0. The fourth-order valence-corrected chi connectivity index (χ4v) is 3.31. The molecule has 1 aromatic heterocycles. The van der Waals surface area contributed by atoms with Crippen molar-refractivity contribution in [3.8, 4) is 0 Å². The summed E-state index contributed by atoms with van der Waals surface area (Å²) in [5, 5.41) is 1.17. The fraction of sp³-hybridized carbons (Fsp3) is 0.500. The molecular formula is C16H19NO3. The fourth-order valence-electron chi connectivity index (χ4n) is 3.31. The summed E-state index contributed by atoms with van der Waals surface area (Å²) in [5.41, 5.74) is 2.37. The van der Waals surface area contributed by atoms with Gasteiger partial charge in [0.25, 0.3) is 0 Å². The first kappa shape index (κ1) is 12.4. The van der Waals surface area contributed by atoms with Gasteiger partial charge >= 0.3 is 0 Å². The third-order valence-electron chi connectivity index (χ3n) is 4.52. The second-order valence-electron chi connectivity index (χ2n) is 5.79. The molecule has 4 heteroatoms. The average Bonchev–Trinajstić information content (AvgIpc) is 3.11. The predicted octanol–water partition coefficient (Wildman–Crippen LogP) is 2.42. The molecule has 2 saturated heterocycles. The molecule has 2 fully saturated rings. The molecule has 106 valence electrons. The second kappa shape index (κ2) is 4.88. The Morgan fingerprint density at radius 2 is 2.00 bits per heavy atom. The molecule has 0 saturated carbocycles. The first-order valence-corrected chi connectivity index (χ1v) is 7.22. The Balaban J connectivity index is 1.59. The van der Waals surface area contributed by atoms with Crippen molar-refractivity contribution in [2.75, 3.05) is 33.0 Å². The van der Waals surface area contributed by atoms with Gasteiger partial charge in [0.15, 0.2) is 0 Å². The van der Waals surface area contributed by atoms with Crippen molar-refractivity contribution in [3.63, 3.8) is 0 Å². The van der Waals surface area contributed by atoms with Gasteiger partial charge in [0.2, 0.25) is 0 Å². The van der Waals surface area contributed by atoms with Gasteiger partial charge in [-0.15, -0.1) is 0 Å². The molecule has 0 amide bonds. The topological polar surface area (TPSA) is 34.8 Å². The highest BCUT2D eigenvalue weighted by Crippen LogP contribution is 2.31. The van der Waals surface area contributed by atoms with Gasteiger partial charge in [-0.2, -0.15) is 0 Å². The Labute approximate surface area is 118 Å². The van der Waals surface area contributed by atoms with E-state index in [-0.39, 0.29) is 5.54 Å². The van der Waals surface area contributed by atoms with Crippen molar-refractivity contribution >= 4 is 11.0 Å². The summed E-state index contributed by atoms with van der Waals surface area (Å²) in [5.74, 6) is 0. The normalized spacial score (nSPS) is 27.6. The molecule has 0 N–H and O–H groups in total. The Hall–Kier alpha value is -1.36. The van der Waals surface area contributed by atoms with Gasteiger partial charge in [0, 0.05) is 25.1 Å². The van der Waals surface area contributed by atoms with Gasteiger partial charge in [0.05, 0.1) is 31.6 Å². The molecule has 0 aliphatic carbocycles. The maximum absolute atomic E-state index is 5.70. The number of rotatable bonds is 2. The van der Waals surface area contributed by atoms with E-state index < -0.39 is 0 Å². The van der Waals surface area contributed by atoms with Crippen LogP contribution in [0.4, 0.5) is 0 Å². The summed E-state index contributed by atoms with van der Waals surface area (Å²) in [6, 6.07) is 8.46.